The highest BCUT2D eigenvalue weighted by molar-refractivity contribution is 9.10. The molecule has 1 aromatic heterocycles. The molecule has 2 aromatic rings. The molecule has 1 atom stereocenters. The molecule has 0 saturated heterocycles. The number of amides is 1. The lowest BCUT2D eigenvalue weighted by atomic mass is 10.2. The van der Waals surface area contributed by atoms with Crippen molar-refractivity contribution >= 4 is 33.6 Å². The number of nitrogens with zero attached hydrogens (tertiary/aromatic N) is 2. The van der Waals surface area contributed by atoms with E-state index in [-0.39, 0.29) is 11.1 Å². The second-order valence-corrected chi connectivity index (χ2v) is 6.68. The molecule has 0 saturated carbocycles. The zero-order chi connectivity index (χ0) is 17.0. The molecular weight excluding hydrogens is 399 g/mol. The van der Waals surface area contributed by atoms with Crippen LogP contribution >= 0.6 is 27.7 Å². The average molecular weight is 410 g/mol. The van der Waals surface area contributed by atoms with Gasteiger partial charge in [-0.25, -0.2) is 0 Å². The summed E-state index contributed by atoms with van der Waals surface area (Å²) in [7, 11) is 0. The lowest BCUT2D eigenvalue weighted by Crippen LogP contribution is -2.37. The molecular formula is C13H11BrF3N3O2S. The third-order valence-corrected chi connectivity index (χ3v) is 4.07. The molecule has 23 heavy (non-hydrogen) atoms. The van der Waals surface area contributed by atoms with Gasteiger partial charge >= 0.3 is 6.18 Å². The average Bonchev–Trinajstić information content (AvgIpc) is 2.93. The van der Waals surface area contributed by atoms with Crippen LogP contribution in [0.5, 0.6) is 0 Å². The molecule has 124 valence electrons. The first kappa shape index (κ1) is 17.8. The number of halogens is 4. The van der Waals surface area contributed by atoms with Crippen molar-refractivity contribution in [3.63, 3.8) is 0 Å². The van der Waals surface area contributed by atoms with Gasteiger partial charge in [0.25, 0.3) is 5.22 Å². The Bertz CT molecular complexity index is 676. The molecule has 1 aromatic carbocycles. The molecule has 1 heterocycles. The molecule has 5 nitrogen and oxygen atoms in total. The number of hydrogen-bond acceptors (Lipinski definition) is 5. The van der Waals surface area contributed by atoms with Crippen molar-refractivity contribution in [1.29, 1.82) is 0 Å². The molecule has 1 N–H and O–H groups in total. The van der Waals surface area contributed by atoms with Crippen LogP contribution in [0.3, 0.4) is 0 Å². The quantitative estimate of drug-likeness (QED) is 0.763. The predicted molar refractivity (Wildman–Crippen MR) is 81.8 cm³/mol. The minimum Gasteiger partial charge on any atom is -0.411 e. The topological polar surface area (TPSA) is 68.0 Å². The summed E-state index contributed by atoms with van der Waals surface area (Å²) in [4.78, 5) is 11.6. The highest BCUT2D eigenvalue weighted by atomic mass is 79.9. The molecule has 0 aliphatic rings. The van der Waals surface area contributed by atoms with Crippen LogP contribution in [0.4, 0.5) is 13.2 Å². The fraction of sp³-hybridized carbons (Fsp3) is 0.308. The Morgan fingerprint density at radius 2 is 2.00 bits per heavy atom. The molecule has 10 heteroatoms. The maximum Gasteiger partial charge on any atom is 0.405 e. The molecule has 1 unspecified atom stereocenters. The van der Waals surface area contributed by atoms with Gasteiger partial charge in [0, 0.05) is 10.0 Å². The van der Waals surface area contributed by atoms with Crippen LogP contribution in [-0.4, -0.2) is 34.1 Å². The smallest absolute Gasteiger partial charge is 0.405 e. The van der Waals surface area contributed by atoms with Crippen LogP contribution in [0.1, 0.15) is 6.92 Å². The normalized spacial score (nSPS) is 12.9. The number of aromatic nitrogens is 2. The van der Waals surface area contributed by atoms with Crippen molar-refractivity contribution in [2.45, 2.75) is 23.6 Å². The van der Waals surface area contributed by atoms with E-state index in [1.165, 1.54) is 6.92 Å². The van der Waals surface area contributed by atoms with Gasteiger partial charge in [0.15, 0.2) is 0 Å². The Hall–Kier alpha value is -1.55. The van der Waals surface area contributed by atoms with Crippen molar-refractivity contribution in [3.8, 4) is 11.5 Å². The van der Waals surface area contributed by atoms with E-state index in [0.29, 0.717) is 5.56 Å². The zero-order valence-corrected chi connectivity index (χ0v) is 14.1. The fourth-order valence-corrected chi connectivity index (χ4v) is 2.47. The lowest BCUT2D eigenvalue weighted by Gasteiger charge is -2.11. The number of alkyl halides is 3. The summed E-state index contributed by atoms with van der Waals surface area (Å²) in [6.07, 6.45) is -4.45. The Balaban J connectivity index is 1.95. The van der Waals surface area contributed by atoms with Crippen molar-refractivity contribution in [2.24, 2.45) is 0 Å². The summed E-state index contributed by atoms with van der Waals surface area (Å²) in [5.41, 5.74) is 0.696. The third kappa shape index (κ3) is 5.54. The third-order valence-electron chi connectivity index (χ3n) is 2.61. The summed E-state index contributed by atoms with van der Waals surface area (Å²) < 4.78 is 42.5. The Labute approximate surface area is 142 Å². The first-order valence-corrected chi connectivity index (χ1v) is 8.02. The summed E-state index contributed by atoms with van der Waals surface area (Å²) in [6, 6.07) is 7.15. The van der Waals surface area contributed by atoms with Gasteiger partial charge in [-0.15, -0.1) is 10.2 Å². The van der Waals surface area contributed by atoms with Crippen molar-refractivity contribution in [2.75, 3.05) is 6.54 Å². The summed E-state index contributed by atoms with van der Waals surface area (Å²) >= 11 is 4.20. The standard InChI is InChI=1S/C13H11BrF3N3O2S/c1-7(10(21)18-6-13(15,16)17)23-12-20-19-11(22-12)8-2-4-9(14)5-3-8/h2-5,7H,6H2,1H3,(H,18,21). The molecule has 2 rings (SSSR count). The monoisotopic (exact) mass is 409 g/mol. The van der Waals surface area contributed by atoms with E-state index >= 15 is 0 Å². The van der Waals surface area contributed by atoms with Crippen molar-refractivity contribution in [3.05, 3.63) is 28.7 Å². The van der Waals surface area contributed by atoms with Crippen LogP contribution in [0.2, 0.25) is 0 Å². The van der Waals surface area contributed by atoms with E-state index in [0.717, 1.165) is 16.2 Å². The maximum atomic E-state index is 12.1. The highest BCUT2D eigenvalue weighted by Gasteiger charge is 2.29. The Morgan fingerprint density at radius 3 is 2.61 bits per heavy atom. The minimum absolute atomic E-state index is 0.109. The van der Waals surface area contributed by atoms with Crippen LogP contribution < -0.4 is 5.32 Å². The molecule has 0 radical (unpaired) electrons. The maximum absolute atomic E-state index is 12.1. The highest BCUT2D eigenvalue weighted by Crippen LogP contribution is 2.27. The molecule has 1 amide bonds. The number of nitrogens with one attached hydrogen (secondary N) is 1. The molecule has 0 aliphatic carbocycles. The van der Waals surface area contributed by atoms with Gasteiger partial charge < -0.3 is 9.73 Å². The van der Waals surface area contributed by atoms with Crippen molar-refractivity contribution < 1.29 is 22.4 Å². The zero-order valence-electron chi connectivity index (χ0n) is 11.7. The van der Waals surface area contributed by atoms with Gasteiger partial charge in [0.1, 0.15) is 6.54 Å². The van der Waals surface area contributed by atoms with E-state index in [4.69, 9.17) is 4.42 Å². The van der Waals surface area contributed by atoms with Gasteiger partial charge in [-0.3, -0.25) is 4.79 Å². The fourth-order valence-electron chi connectivity index (χ4n) is 1.50. The predicted octanol–water partition coefficient (Wildman–Crippen LogP) is 3.66. The summed E-state index contributed by atoms with van der Waals surface area (Å²) in [5.74, 6) is -0.487. The Morgan fingerprint density at radius 1 is 1.35 bits per heavy atom. The number of rotatable bonds is 5. The largest absolute Gasteiger partial charge is 0.411 e. The molecule has 0 bridgehead atoms. The minimum atomic E-state index is -4.45. The second kappa shape index (κ2) is 7.35. The van der Waals surface area contributed by atoms with Crippen LogP contribution in [0, 0.1) is 0 Å². The summed E-state index contributed by atoms with van der Waals surface area (Å²) in [6.45, 7) is 0.0879. The second-order valence-electron chi connectivity index (χ2n) is 4.47. The molecule has 0 aliphatic heterocycles. The van der Waals surface area contributed by atoms with Crippen LogP contribution in [0.15, 0.2) is 38.4 Å². The van der Waals surface area contributed by atoms with Crippen LogP contribution in [-0.2, 0) is 4.79 Å². The van der Waals surface area contributed by atoms with Gasteiger partial charge in [-0.2, -0.15) is 13.2 Å². The van der Waals surface area contributed by atoms with E-state index in [1.807, 2.05) is 5.32 Å². The van der Waals surface area contributed by atoms with E-state index in [2.05, 4.69) is 26.1 Å². The van der Waals surface area contributed by atoms with E-state index < -0.39 is 23.9 Å². The van der Waals surface area contributed by atoms with E-state index in [1.54, 1.807) is 24.3 Å². The van der Waals surface area contributed by atoms with Crippen LogP contribution in [0.25, 0.3) is 11.5 Å². The van der Waals surface area contributed by atoms with Gasteiger partial charge in [0.2, 0.25) is 11.8 Å². The number of carbonyl (C=O) groups is 1. The first-order chi connectivity index (χ1) is 10.7. The summed E-state index contributed by atoms with van der Waals surface area (Å²) in [5, 5.41) is 8.75. The number of carbonyl (C=O) groups excluding carboxylic acids is 1. The lowest BCUT2D eigenvalue weighted by molar-refractivity contribution is -0.137. The number of benzene rings is 1. The molecule has 0 spiro atoms. The number of hydrogen-bond donors (Lipinski definition) is 1. The van der Waals surface area contributed by atoms with Gasteiger partial charge in [0.05, 0.1) is 5.25 Å². The Kier molecular flexibility index (Phi) is 5.69. The first-order valence-electron chi connectivity index (χ1n) is 6.35. The van der Waals surface area contributed by atoms with Crippen molar-refractivity contribution in [1.82, 2.24) is 15.5 Å². The van der Waals surface area contributed by atoms with Gasteiger partial charge in [-0.05, 0) is 31.2 Å². The molecule has 0 fully saturated rings. The SMILES string of the molecule is CC(Sc1nnc(-c2ccc(Br)cc2)o1)C(=O)NCC(F)(F)F. The van der Waals surface area contributed by atoms with E-state index in [9.17, 15) is 18.0 Å². The number of thioether (sulfide) groups is 1. The van der Waals surface area contributed by atoms with Gasteiger partial charge in [-0.1, -0.05) is 27.7 Å².